The second-order valence-electron chi connectivity index (χ2n) is 4.24. The van der Waals surface area contributed by atoms with E-state index in [1.54, 1.807) is 0 Å². The van der Waals surface area contributed by atoms with Crippen LogP contribution in [0.1, 0.15) is 32.1 Å². The first-order valence-corrected chi connectivity index (χ1v) is 6.26. The van der Waals surface area contributed by atoms with Gasteiger partial charge < -0.3 is 9.47 Å². The first-order chi connectivity index (χ1) is 6.35. The van der Waals surface area contributed by atoms with Crippen LogP contribution in [0.25, 0.3) is 0 Å². The predicted molar refractivity (Wildman–Crippen MR) is 55.0 cm³/mol. The topological polar surface area (TPSA) is 18.5 Å². The molecule has 1 heterocycles. The predicted octanol–water partition coefficient (Wildman–Crippen LogP) is 2.70. The third-order valence-electron chi connectivity index (χ3n) is 2.95. The number of rotatable bonds is 4. The van der Waals surface area contributed by atoms with Crippen LogP contribution in [0, 0.1) is 5.41 Å². The van der Waals surface area contributed by atoms with Crippen molar-refractivity contribution in [3.05, 3.63) is 0 Å². The molecule has 3 heteroatoms. The highest BCUT2D eigenvalue weighted by atomic mass is 79.9. The van der Waals surface area contributed by atoms with Crippen molar-refractivity contribution < 1.29 is 9.47 Å². The Balaban J connectivity index is 1.66. The van der Waals surface area contributed by atoms with Gasteiger partial charge in [0.2, 0.25) is 0 Å². The molecule has 2 nitrogen and oxygen atoms in total. The maximum absolute atomic E-state index is 5.75. The Labute approximate surface area is 88.1 Å². The van der Waals surface area contributed by atoms with Crippen molar-refractivity contribution in [2.24, 2.45) is 5.41 Å². The molecule has 0 aromatic rings. The molecular weight excluding hydrogens is 232 g/mol. The van der Waals surface area contributed by atoms with Crippen LogP contribution in [-0.4, -0.2) is 24.8 Å². The van der Waals surface area contributed by atoms with Gasteiger partial charge in [-0.05, 0) is 32.1 Å². The van der Waals surface area contributed by atoms with E-state index in [2.05, 4.69) is 15.9 Å². The van der Waals surface area contributed by atoms with Crippen LogP contribution in [0.5, 0.6) is 0 Å². The van der Waals surface area contributed by atoms with Gasteiger partial charge in [0.05, 0.1) is 6.61 Å². The fourth-order valence-corrected chi connectivity index (χ4v) is 2.33. The summed E-state index contributed by atoms with van der Waals surface area (Å²) in [6, 6.07) is 0. The van der Waals surface area contributed by atoms with Gasteiger partial charge in [0.1, 0.15) is 0 Å². The van der Waals surface area contributed by atoms with Crippen LogP contribution in [0.2, 0.25) is 0 Å². The summed E-state index contributed by atoms with van der Waals surface area (Å²) in [5.74, 6) is 0. The number of hydrogen-bond donors (Lipinski definition) is 0. The normalized spacial score (nSPS) is 31.6. The molecule has 1 unspecified atom stereocenters. The van der Waals surface area contributed by atoms with E-state index in [0.29, 0.717) is 5.41 Å². The summed E-state index contributed by atoms with van der Waals surface area (Å²) in [6.45, 7) is 1.76. The van der Waals surface area contributed by atoms with Crippen molar-refractivity contribution in [3.63, 3.8) is 0 Å². The molecule has 13 heavy (non-hydrogen) atoms. The van der Waals surface area contributed by atoms with Crippen molar-refractivity contribution in [2.75, 3.05) is 18.5 Å². The molecule has 0 bridgehead atoms. The second-order valence-corrected chi connectivity index (χ2v) is 4.80. The van der Waals surface area contributed by atoms with E-state index in [1.165, 1.54) is 25.7 Å². The third-order valence-corrected chi connectivity index (χ3v) is 4.14. The Bertz CT molecular complexity index is 162. The van der Waals surface area contributed by atoms with Crippen LogP contribution in [0.4, 0.5) is 0 Å². The molecule has 76 valence electrons. The fraction of sp³-hybridized carbons (Fsp3) is 1.00. The van der Waals surface area contributed by atoms with Crippen LogP contribution < -0.4 is 0 Å². The largest absolute Gasteiger partial charge is 0.353 e. The molecule has 0 spiro atoms. The molecule has 2 fully saturated rings. The van der Waals surface area contributed by atoms with Gasteiger partial charge in [0, 0.05) is 17.4 Å². The Kier molecular flexibility index (Phi) is 3.27. The summed E-state index contributed by atoms with van der Waals surface area (Å²) < 4.78 is 11.3. The van der Waals surface area contributed by atoms with Gasteiger partial charge in [0.15, 0.2) is 6.29 Å². The minimum Gasteiger partial charge on any atom is -0.353 e. The summed E-state index contributed by atoms with van der Waals surface area (Å²) >= 11 is 3.54. The van der Waals surface area contributed by atoms with E-state index in [-0.39, 0.29) is 6.29 Å². The molecule has 2 rings (SSSR count). The first kappa shape index (κ1) is 9.94. The van der Waals surface area contributed by atoms with E-state index < -0.39 is 0 Å². The Morgan fingerprint density at radius 1 is 1.38 bits per heavy atom. The Morgan fingerprint density at radius 3 is 2.77 bits per heavy atom. The zero-order chi connectivity index (χ0) is 9.15. The molecule has 1 atom stereocenters. The second kappa shape index (κ2) is 4.28. The third kappa shape index (κ3) is 2.67. The van der Waals surface area contributed by atoms with Gasteiger partial charge >= 0.3 is 0 Å². The molecule has 2 aliphatic rings. The van der Waals surface area contributed by atoms with Crippen molar-refractivity contribution in [3.8, 4) is 0 Å². The molecule has 1 aliphatic carbocycles. The Hall–Kier alpha value is 0.400. The molecule has 1 saturated heterocycles. The van der Waals surface area contributed by atoms with Gasteiger partial charge in [-0.25, -0.2) is 0 Å². The van der Waals surface area contributed by atoms with Gasteiger partial charge in [-0.2, -0.15) is 0 Å². The lowest BCUT2D eigenvalue weighted by molar-refractivity contribution is -0.169. The van der Waals surface area contributed by atoms with Crippen LogP contribution >= 0.6 is 15.9 Å². The lowest BCUT2D eigenvalue weighted by atomic mass is 10.1. The lowest BCUT2D eigenvalue weighted by Crippen LogP contribution is -2.26. The maximum atomic E-state index is 5.75. The van der Waals surface area contributed by atoms with Gasteiger partial charge in [-0.1, -0.05) is 15.9 Å². The molecule has 0 N–H and O–H groups in total. The monoisotopic (exact) mass is 248 g/mol. The van der Waals surface area contributed by atoms with Gasteiger partial charge in [-0.3, -0.25) is 0 Å². The Morgan fingerprint density at radius 2 is 2.23 bits per heavy atom. The van der Waals surface area contributed by atoms with Gasteiger partial charge in [-0.15, -0.1) is 0 Å². The molecule has 0 aromatic carbocycles. The van der Waals surface area contributed by atoms with Crippen molar-refractivity contribution in [1.29, 1.82) is 0 Å². The smallest absolute Gasteiger partial charge is 0.157 e. The highest BCUT2D eigenvalue weighted by Gasteiger charge is 2.42. The molecular formula is C10H17BrO2. The molecule has 0 aromatic heterocycles. The van der Waals surface area contributed by atoms with Crippen LogP contribution in [0.3, 0.4) is 0 Å². The maximum Gasteiger partial charge on any atom is 0.157 e. The molecule has 1 saturated carbocycles. The number of ether oxygens (including phenoxy) is 2. The van der Waals surface area contributed by atoms with Crippen molar-refractivity contribution in [1.82, 2.24) is 0 Å². The average molecular weight is 249 g/mol. The van der Waals surface area contributed by atoms with E-state index in [0.717, 1.165) is 25.0 Å². The van der Waals surface area contributed by atoms with E-state index in [1.807, 2.05) is 0 Å². The molecule has 1 aliphatic heterocycles. The molecule has 0 radical (unpaired) electrons. The minimum atomic E-state index is 0.0882. The van der Waals surface area contributed by atoms with E-state index in [9.17, 15) is 0 Å². The average Bonchev–Trinajstić information content (AvgIpc) is 2.97. The number of halogens is 1. The van der Waals surface area contributed by atoms with Crippen molar-refractivity contribution in [2.45, 2.75) is 38.4 Å². The fourth-order valence-electron chi connectivity index (χ4n) is 1.61. The highest BCUT2D eigenvalue weighted by molar-refractivity contribution is 9.09. The summed E-state index contributed by atoms with van der Waals surface area (Å²) in [7, 11) is 0. The van der Waals surface area contributed by atoms with Crippen LogP contribution in [-0.2, 0) is 9.47 Å². The molecule has 0 amide bonds. The summed E-state index contributed by atoms with van der Waals surface area (Å²) in [4.78, 5) is 0. The van der Waals surface area contributed by atoms with E-state index >= 15 is 0 Å². The quantitative estimate of drug-likeness (QED) is 0.713. The van der Waals surface area contributed by atoms with Gasteiger partial charge in [0.25, 0.3) is 0 Å². The lowest BCUT2D eigenvalue weighted by Gasteiger charge is -2.24. The summed E-state index contributed by atoms with van der Waals surface area (Å²) in [5, 5.41) is 1.08. The number of alkyl halides is 1. The summed E-state index contributed by atoms with van der Waals surface area (Å²) in [5.41, 5.74) is 0.459. The zero-order valence-electron chi connectivity index (χ0n) is 7.93. The number of hydrogen-bond acceptors (Lipinski definition) is 2. The summed E-state index contributed by atoms with van der Waals surface area (Å²) in [6.07, 6.45) is 6.24. The van der Waals surface area contributed by atoms with Crippen molar-refractivity contribution >= 4 is 15.9 Å². The standard InChI is InChI=1S/C10H17BrO2/c11-7-10(4-5-10)8-13-9-3-1-2-6-12-9/h9H,1-8H2. The highest BCUT2D eigenvalue weighted by Crippen LogP contribution is 2.47. The SMILES string of the molecule is BrCC1(COC2CCCCO2)CC1. The minimum absolute atomic E-state index is 0.0882. The van der Waals surface area contributed by atoms with Crippen LogP contribution in [0.15, 0.2) is 0 Å². The van der Waals surface area contributed by atoms with E-state index in [4.69, 9.17) is 9.47 Å². The first-order valence-electron chi connectivity index (χ1n) is 5.14. The zero-order valence-corrected chi connectivity index (χ0v) is 9.51.